The number of pyridine rings is 1. The Balaban J connectivity index is 2.97. The van der Waals surface area contributed by atoms with Gasteiger partial charge in [-0.15, -0.1) is 0 Å². The van der Waals surface area contributed by atoms with Gasteiger partial charge in [0.1, 0.15) is 5.15 Å². The van der Waals surface area contributed by atoms with Gasteiger partial charge in [-0.2, -0.15) is 0 Å². The van der Waals surface area contributed by atoms with Crippen LogP contribution in [0, 0.1) is 10.1 Å². The number of nitro groups is 1. The minimum atomic E-state index is -0.485. The molecular weight excluding hydrogens is 206 g/mol. The molecule has 0 saturated heterocycles. The summed E-state index contributed by atoms with van der Waals surface area (Å²) in [6, 6.07) is 2.74. The predicted molar refractivity (Wildman–Crippen MR) is 54.7 cm³/mol. The minimum absolute atomic E-state index is 0.0529. The van der Waals surface area contributed by atoms with Crippen LogP contribution < -0.4 is 5.32 Å². The molecule has 14 heavy (non-hydrogen) atoms. The van der Waals surface area contributed by atoms with Gasteiger partial charge in [0.15, 0.2) is 0 Å². The number of nitrogens with one attached hydrogen (secondary N) is 1. The van der Waals surface area contributed by atoms with E-state index in [9.17, 15) is 10.1 Å². The average molecular weight is 216 g/mol. The van der Waals surface area contributed by atoms with E-state index in [1.807, 2.05) is 6.92 Å². The first-order chi connectivity index (χ1) is 6.65. The summed E-state index contributed by atoms with van der Waals surface area (Å²) in [6.45, 7) is 2.59. The summed E-state index contributed by atoms with van der Waals surface area (Å²) < 4.78 is 0. The van der Waals surface area contributed by atoms with Crippen molar-refractivity contribution in [3.05, 3.63) is 27.4 Å². The lowest BCUT2D eigenvalue weighted by Crippen LogP contribution is -2.05. The molecule has 0 radical (unpaired) electrons. The third kappa shape index (κ3) is 2.56. The summed E-state index contributed by atoms with van der Waals surface area (Å²) >= 11 is 5.63. The highest BCUT2D eigenvalue weighted by molar-refractivity contribution is 6.29. The van der Waals surface area contributed by atoms with Crippen molar-refractivity contribution in [3.63, 3.8) is 0 Å². The number of nitrogens with zero attached hydrogens (tertiary/aromatic N) is 2. The Hall–Kier alpha value is -1.36. The summed E-state index contributed by atoms with van der Waals surface area (Å²) in [5.41, 5.74) is -0.0529. The zero-order valence-electron chi connectivity index (χ0n) is 7.66. The number of rotatable bonds is 4. The van der Waals surface area contributed by atoms with E-state index in [0.717, 1.165) is 6.42 Å². The van der Waals surface area contributed by atoms with Crippen LogP contribution in [0.15, 0.2) is 12.1 Å². The maximum atomic E-state index is 10.6. The molecule has 0 unspecified atom stereocenters. The van der Waals surface area contributed by atoms with Gasteiger partial charge in [-0.25, -0.2) is 4.98 Å². The highest BCUT2D eigenvalue weighted by atomic mass is 35.5. The van der Waals surface area contributed by atoms with Crippen LogP contribution >= 0.6 is 11.6 Å². The molecule has 1 heterocycles. The molecule has 0 spiro atoms. The van der Waals surface area contributed by atoms with Crippen LogP contribution in [0.2, 0.25) is 5.15 Å². The largest absolute Gasteiger partial charge is 0.364 e. The van der Waals surface area contributed by atoms with Gasteiger partial charge >= 0.3 is 5.69 Å². The fourth-order valence-corrected chi connectivity index (χ4v) is 1.10. The zero-order valence-corrected chi connectivity index (χ0v) is 8.41. The number of aromatic nitrogens is 1. The Morgan fingerprint density at radius 2 is 2.36 bits per heavy atom. The number of anilines is 1. The number of halogens is 1. The van der Waals surface area contributed by atoms with E-state index < -0.39 is 4.92 Å². The van der Waals surface area contributed by atoms with Crippen molar-refractivity contribution in [2.75, 3.05) is 11.9 Å². The second kappa shape index (κ2) is 4.76. The Bertz CT molecular complexity index is 343. The van der Waals surface area contributed by atoms with Gasteiger partial charge in [0.25, 0.3) is 0 Å². The van der Waals surface area contributed by atoms with Gasteiger partial charge in [-0.05, 0) is 12.5 Å². The third-order valence-corrected chi connectivity index (χ3v) is 1.79. The first-order valence-corrected chi connectivity index (χ1v) is 4.57. The van der Waals surface area contributed by atoms with Crippen molar-refractivity contribution in [1.29, 1.82) is 0 Å². The first kappa shape index (κ1) is 10.7. The molecule has 1 aromatic heterocycles. The maximum absolute atomic E-state index is 10.6. The summed E-state index contributed by atoms with van der Waals surface area (Å²) in [4.78, 5) is 13.9. The average Bonchev–Trinajstić information content (AvgIpc) is 2.14. The van der Waals surface area contributed by atoms with Crippen LogP contribution in [0.3, 0.4) is 0 Å². The molecule has 1 rings (SSSR count). The molecular formula is C8H10ClN3O2. The van der Waals surface area contributed by atoms with Crippen LogP contribution in [0.5, 0.6) is 0 Å². The fraction of sp³-hybridized carbons (Fsp3) is 0.375. The van der Waals surface area contributed by atoms with Crippen molar-refractivity contribution in [1.82, 2.24) is 4.98 Å². The Labute approximate surface area is 86.3 Å². The summed E-state index contributed by atoms with van der Waals surface area (Å²) in [5.74, 6) is 0.226. The van der Waals surface area contributed by atoms with Gasteiger partial charge in [-0.3, -0.25) is 10.1 Å². The van der Waals surface area contributed by atoms with Crippen LogP contribution in [-0.4, -0.2) is 16.5 Å². The summed E-state index contributed by atoms with van der Waals surface area (Å²) in [7, 11) is 0. The Kier molecular flexibility index (Phi) is 3.64. The molecule has 0 atom stereocenters. The lowest BCUT2D eigenvalue weighted by Gasteiger charge is -2.04. The number of hydrogen-bond acceptors (Lipinski definition) is 4. The lowest BCUT2D eigenvalue weighted by molar-refractivity contribution is -0.384. The monoisotopic (exact) mass is 215 g/mol. The lowest BCUT2D eigenvalue weighted by atomic mass is 10.4. The maximum Gasteiger partial charge on any atom is 0.311 e. The van der Waals surface area contributed by atoms with Crippen LogP contribution in [-0.2, 0) is 0 Å². The highest BCUT2D eigenvalue weighted by Gasteiger charge is 2.14. The normalized spacial score (nSPS) is 9.86. The zero-order chi connectivity index (χ0) is 10.6. The van der Waals surface area contributed by atoms with Crippen LogP contribution in [0.4, 0.5) is 11.5 Å². The molecule has 0 fully saturated rings. The minimum Gasteiger partial charge on any atom is -0.364 e. The molecule has 0 aromatic carbocycles. The Morgan fingerprint density at radius 3 is 2.93 bits per heavy atom. The molecule has 0 saturated carbocycles. The van der Waals surface area contributed by atoms with Crippen molar-refractivity contribution in [2.24, 2.45) is 0 Å². The van der Waals surface area contributed by atoms with Gasteiger partial charge in [-0.1, -0.05) is 18.5 Å². The predicted octanol–water partition coefficient (Wildman–Crippen LogP) is 2.47. The first-order valence-electron chi connectivity index (χ1n) is 4.20. The topological polar surface area (TPSA) is 68.1 Å². The smallest absolute Gasteiger partial charge is 0.311 e. The number of hydrogen-bond donors (Lipinski definition) is 1. The molecule has 0 amide bonds. The summed E-state index contributed by atoms with van der Waals surface area (Å²) in [5, 5.41) is 13.7. The quantitative estimate of drug-likeness (QED) is 0.476. The SMILES string of the molecule is CCCNc1nc(Cl)ccc1[N+](=O)[O-]. The van der Waals surface area contributed by atoms with Gasteiger partial charge in [0, 0.05) is 12.6 Å². The second-order valence-corrected chi connectivity index (χ2v) is 3.07. The molecule has 0 bridgehead atoms. The molecule has 1 N–H and O–H groups in total. The third-order valence-electron chi connectivity index (χ3n) is 1.58. The summed E-state index contributed by atoms with van der Waals surface area (Å²) in [6.07, 6.45) is 0.866. The molecule has 5 nitrogen and oxygen atoms in total. The molecule has 1 aromatic rings. The van der Waals surface area contributed by atoms with Gasteiger partial charge in [0.05, 0.1) is 4.92 Å². The van der Waals surface area contributed by atoms with E-state index in [1.54, 1.807) is 0 Å². The van der Waals surface area contributed by atoms with Crippen LogP contribution in [0.1, 0.15) is 13.3 Å². The van der Waals surface area contributed by atoms with E-state index in [0.29, 0.717) is 6.54 Å². The van der Waals surface area contributed by atoms with E-state index in [1.165, 1.54) is 12.1 Å². The molecule has 0 aliphatic carbocycles. The van der Waals surface area contributed by atoms with E-state index in [-0.39, 0.29) is 16.7 Å². The Morgan fingerprint density at radius 1 is 1.64 bits per heavy atom. The van der Waals surface area contributed by atoms with Gasteiger partial charge in [0.2, 0.25) is 5.82 Å². The molecule has 0 aliphatic heterocycles. The van der Waals surface area contributed by atoms with Gasteiger partial charge < -0.3 is 5.32 Å². The van der Waals surface area contributed by atoms with E-state index >= 15 is 0 Å². The van der Waals surface area contributed by atoms with Crippen molar-refractivity contribution < 1.29 is 4.92 Å². The van der Waals surface area contributed by atoms with Crippen molar-refractivity contribution in [2.45, 2.75) is 13.3 Å². The van der Waals surface area contributed by atoms with E-state index in [4.69, 9.17) is 11.6 Å². The molecule has 0 aliphatic rings. The standard InChI is InChI=1S/C8H10ClN3O2/c1-2-5-10-8-6(12(13)14)3-4-7(9)11-8/h3-4H,2,5H2,1H3,(H,10,11). The second-order valence-electron chi connectivity index (χ2n) is 2.69. The highest BCUT2D eigenvalue weighted by Crippen LogP contribution is 2.23. The van der Waals surface area contributed by atoms with Crippen molar-refractivity contribution >= 4 is 23.1 Å². The fourth-order valence-electron chi connectivity index (χ4n) is 0.949. The van der Waals surface area contributed by atoms with E-state index in [2.05, 4.69) is 10.3 Å². The molecule has 6 heteroatoms. The van der Waals surface area contributed by atoms with Crippen molar-refractivity contribution in [3.8, 4) is 0 Å². The van der Waals surface area contributed by atoms with Crippen LogP contribution in [0.25, 0.3) is 0 Å². The molecule has 76 valence electrons.